The van der Waals surface area contributed by atoms with Crippen molar-refractivity contribution in [3.8, 4) is 0 Å². The molecular weight excluding hydrogens is 644 g/mol. The first-order chi connectivity index (χ1) is 23.3. The number of carbonyl (C=O) groups is 3. The van der Waals surface area contributed by atoms with Crippen LogP contribution in [0.2, 0.25) is 5.02 Å². The van der Waals surface area contributed by atoms with Crippen LogP contribution in [0.4, 0.5) is 4.79 Å². The van der Waals surface area contributed by atoms with Crippen molar-refractivity contribution < 1.29 is 29.0 Å². The molecule has 1 heterocycles. The molecule has 4 N–H and O–H groups in total. The number of amides is 3. The smallest absolute Gasteiger partial charge is 0.407 e. The summed E-state index contributed by atoms with van der Waals surface area (Å²) in [5.41, 5.74) is 1.02. The van der Waals surface area contributed by atoms with Gasteiger partial charge in [0.25, 0.3) is 0 Å². The van der Waals surface area contributed by atoms with Crippen molar-refractivity contribution in [2.24, 2.45) is 11.8 Å². The van der Waals surface area contributed by atoms with Gasteiger partial charge in [-0.2, -0.15) is 0 Å². The lowest BCUT2D eigenvalue weighted by atomic mass is 9.87. The van der Waals surface area contributed by atoms with E-state index >= 15 is 0 Å². The summed E-state index contributed by atoms with van der Waals surface area (Å²) in [6.07, 6.45) is 1.25. The fraction of sp³-hybridized carbons (Fsp3) is 0.605. The molecule has 1 fully saturated rings. The highest BCUT2D eigenvalue weighted by atomic mass is 35.5. The lowest BCUT2D eigenvalue weighted by molar-refractivity contribution is -0.140. The summed E-state index contributed by atoms with van der Waals surface area (Å²) in [5, 5.41) is 21.7. The highest BCUT2D eigenvalue weighted by Crippen LogP contribution is 2.23. The fourth-order valence-corrected chi connectivity index (χ4v) is 6.33. The van der Waals surface area contributed by atoms with Gasteiger partial charge in [-0.05, 0) is 82.1 Å². The number of rotatable bonds is 17. The summed E-state index contributed by atoms with van der Waals surface area (Å²) in [6.45, 7) is 11.9. The van der Waals surface area contributed by atoms with E-state index in [4.69, 9.17) is 21.1 Å². The zero-order valence-corrected chi connectivity index (χ0v) is 30.8. The van der Waals surface area contributed by atoms with E-state index in [1.54, 1.807) is 40.0 Å². The number of halogens is 1. The number of alkyl carbamates (subject to hydrolysis) is 1. The normalized spacial score (nSPS) is 17.0. The molecule has 5 unspecified atom stereocenters. The molecule has 0 radical (unpaired) electrons. The third-order valence-electron chi connectivity index (χ3n) is 9.06. The molecule has 3 rings (SSSR count). The molecule has 11 heteroatoms. The van der Waals surface area contributed by atoms with E-state index < -0.39 is 35.8 Å². The van der Waals surface area contributed by atoms with Crippen LogP contribution in [0.5, 0.6) is 0 Å². The molecule has 10 nitrogen and oxygen atoms in total. The van der Waals surface area contributed by atoms with Gasteiger partial charge in [-0.25, -0.2) is 4.79 Å². The molecule has 0 bridgehead atoms. The number of benzene rings is 2. The Morgan fingerprint density at radius 3 is 2.29 bits per heavy atom. The van der Waals surface area contributed by atoms with E-state index in [9.17, 15) is 19.5 Å². The minimum Gasteiger partial charge on any atom is -0.444 e. The Bertz CT molecular complexity index is 1310. The Kier molecular flexibility index (Phi) is 16.3. The molecule has 0 saturated carbocycles. The van der Waals surface area contributed by atoms with Crippen molar-refractivity contribution in [3.05, 3.63) is 70.7 Å². The number of methoxy groups -OCH3 is 1. The van der Waals surface area contributed by atoms with Crippen LogP contribution in [0.15, 0.2) is 54.6 Å². The first-order valence-electron chi connectivity index (χ1n) is 17.6. The monoisotopic (exact) mass is 700 g/mol. The summed E-state index contributed by atoms with van der Waals surface area (Å²) in [4.78, 5) is 42.9. The van der Waals surface area contributed by atoms with Crippen LogP contribution in [0.25, 0.3) is 0 Å². The Morgan fingerprint density at radius 1 is 1.00 bits per heavy atom. The lowest BCUT2D eigenvalue weighted by Crippen LogP contribution is -2.56. The standard InChI is InChI=1S/C38H57ClN4O6/c1-7-26(2)34(36(46)43-19-16-31(17-20-43)40-18-21-48-6)42-35(45)29(22-28-14-11-15-30(39)23-28)25-33(44)32(24-27-12-9-8-10-13-27)41-37(47)49-38(3,4)5/h8-15,23,26,29,31-34,40,44H,7,16-22,24-25H2,1-6H3,(H,41,47)(H,42,45). The molecule has 0 spiro atoms. The van der Waals surface area contributed by atoms with Crippen LogP contribution in [0, 0.1) is 11.8 Å². The van der Waals surface area contributed by atoms with Crippen molar-refractivity contribution in [3.63, 3.8) is 0 Å². The summed E-state index contributed by atoms with van der Waals surface area (Å²) >= 11 is 6.31. The van der Waals surface area contributed by atoms with Gasteiger partial charge < -0.3 is 35.4 Å². The predicted octanol–water partition coefficient (Wildman–Crippen LogP) is 5.14. The molecule has 1 saturated heterocycles. The van der Waals surface area contributed by atoms with Gasteiger partial charge in [-0.1, -0.05) is 74.3 Å². The summed E-state index contributed by atoms with van der Waals surface area (Å²) in [5.74, 6) is -1.24. The van der Waals surface area contributed by atoms with Gasteiger partial charge in [-0.3, -0.25) is 9.59 Å². The zero-order chi connectivity index (χ0) is 36.0. The van der Waals surface area contributed by atoms with Gasteiger partial charge in [0.1, 0.15) is 11.6 Å². The van der Waals surface area contributed by atoms with Crippen LogP contribution >= 0.6 is 11.6 Å². The van der Waals surface area contributed by atoms with E-state index in [-0.39, 0.29) is 30.6 Å². The van der Waals surface area contributed by atoms with Crippen molar-refractivity contribution in [2.75, 3.05) is 33.4 Å². The topological polar surface area (TPSA) is 129 Å². The third-order valence-corrected chi connectivity index (χ3v) is 9.29. The van der Waals surface area contributed by atoms with E-state index in [1.165, 1.54) is 0 Å². The zero-order valence-electron chi connectivity index (χ0n) is 30.0. The van der Waals surface area contributed by atoms with Gasteiger partial charge in [-0.15, -0.1) is 0 Å². The van der Waals surface area contributed by atoms with Gasteiger partial charge in [0.05, 0.1) is 18.8 Å². The summed E-state index contributed by atoms with van der Waals surface area (Å²) < 4.78 is 10.7. The lowest BCUT2D eigenvalue weighted by Gasteiger charge is -2.36. The second-order valence-corrected chi connectivity index (χ2v) is 14.6. The SMILES string of the molecule is CCC(C)C(NC(=O)C(Cc1cccc(Cl)c1)CC(O)C(Cc1ccccc1)NC(=O)OC(C)(C)C)C(=O)N1CCC(NCCOC)CC1. The van der Waals surface area contributed by atoms with E-state index in [0.29, 0.717) is 43.6 Å². The summed E-state index contributed by atoms with van der Waals surface area (Å²) in [7, 11) is 1.68. The van der Waals surface area contributed by atoms with Gasteiger partial charge in [0, 0.05) is 43.7 Å². The Hall–Kier alpha value is -3.18. The highest BCUT2D eigenvalue weighted by molar-refractivity contribution is 6.30. The maximum Gasteiger partial charge on any atom is 0.407 e. The number of hydrogen-bond acceptors (Lipinski definition) is 7. The van der Waals surface area contributed by atoms with Crippen LogP contribution in [-0.4, -0.2) is 91.1 Å². The molecular formula is C38H57ClN4O6. The van der Waals surface area contributed by atoms with Crippen LogP contribution in [0.1, 0.15) is 71.4 Å². The minimum atomic E-state index is -1.11. The quantitative estimate of drug-likeness (QED) is 0.168. The predicted molar refractivity (Wildman–Crippen MR) is 193 cm³/mol. The maximum atomic E-state index is 14.2. The van der Waals surface area contributed by atoms with Gasteiger partial charge in [0.15, 0.2) is 0 Å². The molecule has 272 valence electrons. The number of aliphatic hydroxyl groups excluding tert-OH is 1. The Balaban J connectivity index is 1.82. The number of hydrogen-bond donors (Lipinski definition) is 4. The second-order valence-electron chi connectivity index (χ2n) is 14.2. The van der Waals surface area contributed by atoms with Crippen LogP contribution < -0.4 is 16.0 Å². The van der Waals surface area contributed by atoms with Crippen molar-refractivity contribution >= 4 is 29.5 Å². The van der Waals surface area contributed by atoms with Crippen LogP contribution in [-0.2, 0) is 31.9 Å². The first-order valence-corrected chi connectivity index (χ1v) is 17.9. The van der Waals surface area contributed by atoms with Crippen molar-refractivity contribution in [1.29, 1.82) is 0 Å². The molecule has 0 aromatic heterocycles. The van der Waals surface area contributed by atoms with E-state index in [0.717, 1.165) is 30.5 Å². The average Bonchev–Trinajstić information content (AvgIpc) is 3.06. The highest BCUT2D eigenvalue weighted by Gasteiger charge is 2.35. The minimum absolute atomic E-state index is 0.0333. The number of carbonyl (C=O) groups excluding carboxylic acids is 3. The molecule has 0 aliphatic carbocycles. The Morgan fingerprint density at radius 2 is 1.67 bits per heavy atom. The van der Waals surface area contributed by atoms with Gasteiger partial charge in [0.2, 0.25) is 11.8 Å². The number of nitrogens with one attached hydrogen (secondary N) is 3. The van der Waals surface area contributed by atoms with Crippen molar-refractivity contribution in [2.45, 2.75) is 103 Å². The molecule has 2 aromatic carbocycles. The molecule has 1 aliphatic rings. The molecule has 49 heavy (non-hydrogen) atoms. The fourth-order valence-electron chi connectivity index (χ4n) is 6.12. The number of likely N-dealkylation sites (tertiary alicyclic amines) is 1. The molecule has 2 aromatic rings. The van der Waals surface area contributed by atoms with E-state index in [2.05, 4.69) is 16.0 Å². The molecule has 5 atom stereocenters. The summed E-state index contributed by atoms with van der Waals surface area (Å²) in [6, 6.07) is 15.7. The number of piperidine rings is 1. The second kappa shape index (κ2) is 19.9. The number of aliphatic hydroxyl groups is 1. The van der Waals surface area contributed by atoms with Crippen molar-refractivity contribution in [1.82, 2.24) is 20.9 Å². The van der Waals surface area contributed by atoms with E-state index in [1.807, 2.05) is 61.2 Å². The third kappa shape index (κ3) is 13.9. The first kappa shape index (κ1) is 40.3. The number of nitrogens with zero attached hydrogens (tertiary/aromatic N) is 1. The van der Waals surface area contributed by atoms with Crippen LogP contribution in [0.3, 0.4) is 0 Å². The largest absolute Gasteiger partial charge is 0.444 e. The Labute approximate surface area is 297 Å². The molecule has 1 aliphatic heterocycles. The maximum absolute atomic E-state index is 14.2. The average molecular weight is 701 g/mol. The molecule has 3 amide bonds. The van der Waals surface area contributed by atoms with Gasteiger partial charge >= 0.3 is 6.09 Å². The number of ether oxygens (including phenoxy) is 2.